The lowest BCUT2D eigenvalue weighted by atomic mass is 9.97. The fourth-order valence-corrected chi connectivity index (χ4v) is 5.02. The molecule has 0 unspecified atom stereocenters. The van der Waals surface area contributed by atoms with Crippen molar-refractivity contribution in [2.45, 2.75) is 32.6 Å². The van der Waals surface area contributed by atoms with Crippen molar-refractivity contribution in [3.05, 3.63) is 62.6 Å². The minimum Gasteiger partial charge on any atom is -0.358 e. The van der Waals surface area contributed by atoms with E-state index in [1.165, 1.54) is 27.9 Å². The zero-order valence-corrected chi connectivity index (χ0v) is 15.3. The van der Waals surface area contributed by atoms with Gasteiger partial charge in [0.1, 0.15) is 11.2 Å². The number of aromatic nitrogens is 3. The van der Waals surface area contributed by atoms with Gasteiger partial charge in [-0.15, -0.1) is 11.3 Å². The summed E-state index contributed by atoms with van der Waals surface area (Å²) < 4.78 is 1.37. The molecule has 0 radical (unpaired) electrons. The molecule has 0 fully saturated rings. The van der Waals surface area contributed by atoms with Crippen molar-refractivity contribution >= 4 is 38.7 Å². The summed E-state index contributed by atoms with van der Waals surface area (Å²) >= 11 is 1.66. The summed E-state index contributed by atoms with van der Waals surface area (Å²) in [6, 6.07) is 8.10. The fraction of sp³-hybridized carbons (Fsp3) is 0.250. The predicted octanol–water partition coefficient (Wildman–Crippen LogP) is 4.01. The SMILES string of the molecule is Cc1[nH]c2ccccc2c1/C=N/n1cnc2sc3c(c2c1=O)CCCC3. The Morgan fingerprint density at radius 3 is 3.04 bits per heavy atom. The number of nitrogens with one attached hydrogen (secondary N) is 1. The highest BCUT2D eigenvalue weighted by Crippen LogP contribution is 2.33. The average molecular weight is 362 g/mol. The first-order valence-electron chi connectivity index (χ1n) is 8.86. The standard InChI is InChI=1S/C20H18N4OS/c1-12-15(13-6-2-4-8-16(13)23-12)10-22-24-11-21-19-18(20(24)25)14-7-3-5-9-17(14)26-19/h2,4,6,8,10-11,23H,3,5,7,9H2,1H3/b22-10+. The molecule has 4 aromatic rings. The summed E-state index contributed by atoms with van der Waals surface area (Å²) in [5.74, 6) is 0. The molecular formula is C20H18N4OS. The van der Waals surface area contributed by atoms with Gasteiger partial charge in [0.05, 0.1) is 11.6 Å². The van der Waals surface area contributed by atoms with Gasteiger partial charge in [-0.1, -0.05) is 18.2 Å². The molecule has 0 atom stereocenters. The molecule has 0 bridgehead atoms. The van der Waals surface area contributed by atoms with Gasteiger partial charge in [-0.25, -0.2) is 4.98 Å². The van der Waals surface area contributed by atoms with Crippen LogP contribution in [0.5, 0.6) is 0 Å². The number of H-pyrrole nitrogens is 1. The van der Waals surface area contributed by atoms with Crippen LogP contribution in [0.15, 0.2) is 40.5 Å². The van der Waals surface area contributed by atoms with E-state index in [1.807, 2.05) is 25.1 Å². The van der Waals surface area contributed by atoms with E-state index in [4.69, 9.17) is 0 Å². The van der Waals surface area contributed by atoms with E-state index in [1.54, 1.807) is 17.6 Å². The van der Waals surface area contributed by atoms with E-state index < -0.39 is 0 Å². The van der Waals surface area contributed by atoms with Gasteiger partial charge in [-0.3, -0.25) is 4.79 Å². The highest BCUT2D eigenvalue weighted by atomic mass is 32.1. The molecule has 0 spiro atoms. The maximum Gasteiger partial charge on any atom is 0.282 e. The molecule has 1 N–H and O–H groups in total. The Balaban J connectivity index is 1.63. The second-order valence-corrected chi connectivity index (χ2v) is 7.82. The molecule has 1 aliphatic carbocycles. The second kappa shape index (κ2) is 5.92. The Hall–Kier alpha value is -2.73. The number of hydrogen-bond acceptors (Lipinski definition) is 4. The zero-order chi connectivity index (χ0) is 17.7. The van der Waals surface area contributed by atoms with Crippen molar-refractivity contribution in [1.82, 2.24) is 14.6 Å². The Labute approximate surface area is 154 Å². The van der Waals surface area contributed by atoms with Crippen LogP contribution >= 0.6 is 11.3 Å². The van der Waals surface area contributed by atoms with Crippen molar-refractivity contribution in [2.75, 3.05) is 0 Å². The number of thiophene rings is 1. The van der Waals surface area contributed by atoms with Crippen LogP contribution in [0.4, 0.5) is 0 Å². The Morgan fingerprint density at radius 2 is 2.12 bits per heavy atom. The molecule has 5 nitrogen and oxygen atoms in total. The number of aryl methyl sites for hydroxylation is 3. The molecule has 1 aromatic carbocycles. The fourth-order valence-electron chi connectivity index (χ4n) is 3.80. The number of aromatic amines is 1. The van der Waals surface area contributed by atoms with E-state index in [0.29, 0.717) is 0 Å². The van der Waals surface area contributed by atoms with Gasteiger partial charge in [-0.05, 0) is 44.2 Å². The van der Waals surface area contributed by atoms with Crippen LogP contribution in [0, 0.1) is 6.92 Å². The lowest BCUT2D eigenvalue weighted by molar-refractivity contribution is 0.699. The van der Waals surface area contributed by atoms with E-state index in [2.05, 4.69) is 21.1 Å². The molecule has 26 heavy (non-hydrogen) atoms. The van der Waals surface area contributed by atoms with Gasteiger partial charge in [0, 0.05) is 27.0 Å². The highest BCUT2D eigenvalue weighted by Gasteiger charge is 2.19. The van der Waals surface area contributed by atoms with E-state index >= 15 is 0 Å². The van der Waals surface area contributed by atoms with Crippen LogP contribution in [0.25, 0.3) is 21.1 Å². The number of nitrogens with zero attached hydrogens (tertiary/aromatic N) is 3. The molecule has 5 rings (SSSR count). The Kier molecular flexibility index (Phi) is 3.53. The van der Waals surface area contributed by atoms with Crippen LogP contribution in [0.2, 0.25) is 0 Å². The summed E-state index contributed by atoms with van der Waals surface area (Å²) in [5, 5.41) is 6.30. The van der Waals surface area contributed by atoms with Crippen molar-refractivity contribution < 1.29 is 0 Å². The van der Waals surface area contributed by atoms with Gasteiger partial charge in [-0.2, -0.15) is 9.78 Å². The second-order valence-electron chi connectivity index (χ2n) is 6.74. The van der Waals surface area contributed by atoms with Crippen LogP contribution in [-0.2, 0) is 12.8 Å². The van der Waals surface area contributed by atoms with Crippen LogP contribution in [-0.4, -0.2) is 20.9 Å². The summed E-state index contributed by atoms with van der Waals surface area (Å²) in [4.78, 5) is 23.0. The van der Waals surface area contributed by atoms with Gasteiger partial charge >= 0.3 is 0 Å². The molecule has 6 heteroatoms. The van der Waals surface area contributed by atoms with Gasteiger partial charge in [0.25, 0.3) is 5.56 Å². The van der Waals surface area contributed by atoms with E-state index in [-0.39, 0.29) is 5.56 Å². The number of rotatable bonds is 2. The minimum absolute atomic E-state index is 0.0665. The largest absolute Gasteiger partial charge is 0.358 e. The number of hydrogen-bond donors (Lipinski definition) is 1. The van der Waals surface area contributed by atoms with Gasteiger partial charge in [0.15, 0.2) is 0 Å². The summed E-state index contributed by atoms with van der Waals surface area (Å²) in [6.45, 7) is 2.01. The Morgan fingerprint density at radius 1 is 1.27 bits per heavy atom. The first-order valence-corrected chi connectivity index (χ1v) is 9.67. The maximum absolute atomic E-state index is 13.0. The van der Waals surface area contributed by atoms with Crippen LogP contribution in [0.1, 0.15) is 34.5 Å². The Bertz CT molecular complexity index is 1230. The molecule has 130 valence electrons. The summed E-state index contributed by atoms with van der Waals surface area (Å²) in [5.41, 5.74) is 4.23. The molecular weight excluding hydrogens is 344 g/mol. The van der Waals surface area contributed by atoms with Crippen LogP contribution < -0.4 is 5.56 Å². The molecule has 1 aliphatic rings. The van der Waals surface area contributed by atoms with E-state index in [9.17, 15) is 4.79 Å². The number of fused-ring (bicyclic) bond motifs is 4. The maximum atomic E-state index is 13.0. The van der Waals surface area contributed by atoms with Crippen LogP contribution in [0.3, 0.4) is 0 Å². The normalized spacial score (nSPS) is 14.5. The molecule has 3 aromatic heterocycles. The van der Waals surface area contributed by atoms with Crippen molar-refractivity contribution in [1.29, 1.82) is 0 Å². The molecule has 0 amide bonds. The first-order chi connectivity index (χ1) is 12.7. The molecule has 0 aliphatic heterocycles. The molecule has 0 saturated heterocycles. The van der Waals surface area contributed by atoms with Crippen molar-refractivity contribution in [3.8, 4) is 0 Å². The first kappa shape index (κ1) is 15.5. The zero-order valence-electron chi connectivity index (χ0n) is 14.5. The van der Waals surface area contributed by atoms with Gasteiger partial charge in [0.2, 0.25) is 0 Å². The summed E-state index contributed by atoms with van der Waals surface area (Å²) in [6.07, 6.45) is 7.67. The number of benzene rings is 1. The third kappa shape index (κ3) is 2.33. The highest BCUT2D eigenvalue weighted by molar-refractivity contribution is 7.18. The molecule has 3 heterocycles. The van der Waals surface area contributed by atoms with Crippen molar-refractivity contribution in [2.24, 2.45) is 5.10 Å². The van der Waals surface area contributed by atoms with Crippen molar-refractivity contribution in [3.63, 3.8) is 0 Å². The third-order valence-corrected chi connectivity index (χ3v) is 6.31. The summed E-state index contributed by atoms with van der Waals surface area (Å²) in [7, 11) is 0. The molecule has 0 saturated carbocycles. The average Bonchev–Trinajstić information content (AvgIpc) is 3.18. The topological polar surface area (TPSA) is 63.0 Å². The smallest absolute Gasteiger partial charge is 0.282 e. The lowest BCUT2D eigenvalue weighted by Gasteiger charge is -2.09. The third-order valence-electron chi connectivity index (χ3n) is 5.11. The number of para-hydroxylation sites is 1. The predicted molar refractivity (Wildman–Crippen MR) is 107 cm³/mol. The monoisotopic (exact) mass is 362 g/mol. The lowest BCUT2D eigenvalue weighted by Crippen LogP contribution is -2.18. The quantitative estimate of drug-likeness (QED) is 0.548. The minimum atomic E-state index is -0.0665. The van der Waals surface area contributed by atoms with E-state index in [0.717, 1.165) is 51.6 Å². The van der Waals surface area contributed by atoms with Gasteiger partial charge < -0.3 is 4.98 Å².